The lowest BCUT2D eigenvalue weighted by Crippen LogP contribution is -2.24. The SMILES string of the molecule is CCc1onc(NC(=O)NN=N)c1COC(=N)/C=C\N. The lowest BCUT2D eigenvalue weighted by molar-refractivity contribution is 0.251. The first-order valence-electron chi connectivity index (χ1n) is 5.62. The van der Waals surface area contributed by atoms with E-state index in [0.717, 1.165) is 0 Å². The van der Waals surface area contributed by atoms with Gasteiger partial charge in [0.1, 0.15) is 12.4 Å². The standard InChI is InChI=1S/C10H15N7O3/c1-2-7-6(5-19-8(12)3-4-11)9(16-20-7)14-10(18)15-17-13/h3-4,12H,2,5,11H2,1H3,(H3,13,14,15,16,18)/b4-3-,12-8?. The maximum Gasteiger partial charge on any atom is 0.342 e. The van der Waals surface area contributed by atoms with Gasteiger partial charge in [0.2, 0.25) is 5.90 Å². The summed E-state index contributed by atoms with van der Waals surface area (Å²) in [5.74, 6) is 0.535. The number of carbonyl (C=O) groups excluding carboxylic acids is 1. The quantitative estimate of drug-likeness (QED) is 0.229. The van der Waals surface area contributed by atoms with E-state index in [1.165, 1.54) is 12.3 Å². The molecule has 10 heteroatoms. The van der Waals surface area contributed by atoms with Crippen molar-refractivity contribution in [3.8, 4) is 0 Å². The molecule has 6 N–H and O–H groups in total. The third-order valence-electron chi connectivity index (χ3n) is 2.20. The van der Waals surface area contributed by atoms with Crippen molar-refractivity contribution in [3.63, 3.8) is 0 Å². The molecule has 1 rings (SSSR count). The predicted molar refractivity (Wildman–Crippen MR) is 69.0 cm³/mol. The molecule has 1 aromatic heterocycles. The number of hydrogen-bond acceptors (Lipinski definition) is 8. The van der Waals surface area contributed by atoms with Crippen LogP contribution in [-0.4, -0.2) is 17.1 Å². The van der Waals surface area contributed by atoms with Crippen LogP contribution < -0.4 is 16.5 Å². The summed E-state index contributed by atoms with van der Waals surface area (Å²) in [6.45, 7) is 1.83. The van der Waals surface area contributed by atoms with Crippen molar-refractivity contribution in [2.24, 2.45) is 11.0 Å². The topological polar surface area (TPSA) is 162 Å². The van der Waals surface area contributed by atoms with Crippen molar-refractivity contribution in [2.45, 2.75) is 20.0 Å². The van der Waals surface area contributed by atoms with Crippen molar-refractivity contribution in [2.75, 3.05) is 5.32 Å². The van der Waals surface area contributed by atoms with Crippen LogP contribution in [0.25, 0.3) is 0 Å². The molecule has 0 fully saturated rings. The van der Waals surface area contributed by atoms with Crippen LogP contribution in [0, 0.1) is 10.9 Å². The summed E-state index contributed by atoms with van der Waals surface area (Å²) >= 11 is 0. The average Bonchev–Trinajstić information content (AvgIpc) is 2.79. The van der Waals surface area contributed by atoms with Crippen molar-refractivity contribution in [3.05, 3.63) is 23.6 Å². The second-order valence-corrected chi connectivity index (χ2v) is 3.48. The summed E-state index contributed by atoms with van der Waals surface area (Å²) < 4.78 is 10.2. The number of nitrogens with zero attached hydrogens (tertiary/aromatic N) is 2. The Hall–Kier alpha value is -2.91. The molecule has 20 heavy (non-hydrogen) atoms. The fourth-order valence-corrected chi connectivity index (χ4v) is 1.34. The third-order valence-corrected chi connectivity index (χ3v) is 2.20. The second kappa shape index (κ2) is 7.51. The van der Waals surface area contributed by atoms with Gasteiger partial charge in [0.15, 0.2) is 5.82 Å². The largest absolute Gasteiger partial charge is 0.473 e. The third kappa shape index (κ3) is 4.08. The Labute approximate surface area is 114 Å². The van der Waals surface area contributed by atoms with Crippen LogP contribution in [0.3, 0.4) is 0 Å². The zero-order chi connectivity index (χ0) is 15.0. The van der Waals surface area contributed by atoms with E-state index in [1.807, 2.05) is 12.3 Å². The van der Waals surface area contributed by atoms with E-state index in [9.17, 15) is 4.79 Å². The number of amides is 2. The number of rotatable bonds is 6. The molecule has 0 unspecified atom stereocenters. The molecule has 0 aliphatic carbocycles. The van der Waals surface area contributed by atoms with Gasteiger partial charge in [-0.3, -0.25) is 10.7 Å². The second-order valence-electron chi connectivity index (χ2n) is 3.48. The molecular formula is C10H15N7O3. The van der Waals surface area contributed by atoms with Gasteiger partial charge in [0, 0.05) is 12.5 Å². The molecule has 10 nitrogen and oxygen atoms in total. The number of anilines is 1. The van der Waals surface area contributed by atoms with Gasteiger partial charge in [-0.05, 0) is 6.20 Å². The Bertz CT molecular complexity index is 523. The molecule has 0 aromatic carbocycles. The Kier molecular flexibility index (Phi) is 5.69. The number of hydrogen-bond donors (Lipinski definition) is 5. The van der Waals surface area contributed by atoms with Gasteiger partial charge in [-0.1, -0.05) is 17.3 Å². The Balaban J connectivity index is 2.80. The Morgan fingerprint density at radius 2 is 2.40 bits per heavy atom. The van der Waals surface area contributed by atoms with Gasteiger partial charge >= 0.3 is 6.03 Å². The van der Waals surface area contributed by atoms with Crippen LogP contribution in [-0.2, 0) is 17.8 Å². The monoisotopic (exact) mass is 281 g/mol. The van der Waals surface area contributed by atoms with E-state index >= 15 is 0 Å². The highest BCUT2D eigenvalue weighted by Gasteiger charge is 2.17. The Morgan fingerprint density at radius 3 is 3.00 bits per heavy atom. The number of ether oxygens (including phenoxy) is 1. The number of nitrogens with two attached hydrogens (primary N) is 1. The molecule has 1 aromatic rings. The van der Waals surface area contributed by atoms with Crippen LogP contribution in [0.5, 0.6) is 0 Å². The molecule has 0 saturated heterocycles. The summed E-state index contributed by atoms with van der Waals surface area (Å²) in [5.41, 5.74) is 14.0. The van der Waals surface area contributed by atoms with Crippen molar-refractivity contribution < 1.29 is 14.1 Å². The molecule has 0 saturated carbocycles. The van der Waals surface area contributed by atoms with Gasteiger partial charge in [-0.15, -0.1) is 0 Å². The van der Waals surface area contributed by atoms with E-state index in [0.29, 0.717) is 17.7 Å². The van der Waals surface area contributed by atoms with Gasteiger partial charge < -0.3 is 15.0 Å². The Morgan fingerprint density at radius 1 is 1.65 bits per heavy atom. The fraction of sp³-hybridized carbons (Fsp3) is 0.300. The first kappa shape index (κ1) is 15.1. The number of aryl methyl sites for hydroxylation is 1. The lowest BCUT2D eigenvalue weighted by Gasteiger charge is -2.06. The summed E-state index contributed by atoms with van der Waals surface area (Å²) in [7, 11) is 0. The van der Waals surface area contributed by atoms with E-state index in [-0.39, 0.29) is 18.3 Å². The predicted octanol–water partition coefficient (Wildman–Crippen LogP) is 1.27. The first-order valence-corrected chi connectivity index (χ1v) is 5.62. The van der Waals surface area contributed by atoms with Gasteiger partial charge in [0.05, 0.1) is 5.56 Å². The van der Waals surface area contributed by atoms with Gasteiger partial charge in [0.25, 0.3) is 0 Å². The molecule has 1 heterocycles. The smallest absolute Gasteiger partial charge is 0.342 e. The molecule has 0 spiro atoms. The van der Waals surface area contributed by atoms with E-state index in [1.54, 1.807) is 0 Å². The number of carbonyl (C=O) groups is 1. The zero-order valence-corrected chi connectivity index (χ0v) is 10.8. The summed E-state index contributed by atoms with van der Waals surface area (Å²) in [4.78, 5) is 11.3. The van der Waals surface area contributed by atoms with Gasteiger partial charge in [-0.25, -0.2) is 10.2 Å². The molecule has 0 radical (unpaired) electrons. The molecular weight excluding hydrogens is 266 g/mol. The van der Waals surface area contributed by atoms with Crippen molar-refractivity contribution in [1.29, 1.82) is 10.9 Å². The summed E-state index contributed by atoms with van der Waals surface area (Å²) in [6, 6.07) is -0.728. The maximum atomic E-state index is 11.3. The molecule has 0 aliphatic rings. The highest BCUT2D eigenvalue weighted by Crippen LogP contribution is 2.21. The average molecular weight is 281 g/mol. The minimum atomic E-state index is -0.728. The molecule has 0 bridgehead atoms. The minimum Gasteiger partial charge on any atom is -0.473 e. The summed E-state index contributed by atoms with van der Waals surface area (Å²) in [6.07, 6.45) is 2.99. The molecule has 108 valence electrons. The van der Waals surface area contributed by atoms with Crippen LogP contribution in [0.1, 0.15) is 18.2 Å². The number of aromatic nitrogens is 1. The van der Waals surface area contributed by atoms with Crippen LogP contribution in [0.15, 0.2) is 22.0 Å². The number of urea groups is 1. The van der Waals surface area contributed by atoms with Crippen molar-refractivity contribution >= 4 is 17.7 Å². The van der Waals surface area contributed by atoms with Crippen molar-refractivity contribution in [1.82, 2.24) is 10.6 Å². The van der Waals surface area contributed by atoms with E-state index in [4.69, 9.17) is 25.9 Å². The number of nitrogens with one attached hydrogen (secondary N) is 4. The fourth-order valence-electron chi connectivity index (χ4n) is 1.34. The molecule has 0 atom stereocenters. The zero-order valence-electron chi connectivity index (χ0n) is 10.8. The van der Waals surface area contributed by atoms with Gasteiger partial charge in [-0.2, -0.15) is 5.53 Å². The normalized spacial score (nSPS) is 10.2. The molecule has 2 amide bonds. The maximum absolute atomic E-state index is 11.3. The molecule has 0 aliphatic heterocycles. The minimum absolute atomic E-state index is 0.0104. The van der Waals surface area contributed by atoms with Crippen LogP contribution in [0.2, 0.25) is 0 Å². The van der Waals surface area contributed by atoms with E-state index < -0.39 is 6.03 Å². The van der Waals surface area contributed by atoms with Crippen LogP contribution in [0.4, 0.5) is 10.6 Å². The first-order chi connectivity index (χ1) is 9.62. The highest BCUT2D eigenvalue weighted by molar-refractivity contribution is 5.88. The highest BCUT2D eigenvalue weighted by atomic mass is 16.5. The lowest BCUT2D eigenvalue weighted by atomic mass is 10.2. The van der Waals surface area contributed by atoms with Crippen LogP contribution >= 0.6 is 0 Å². The van der Waals surface area contributed by atoms with E-state index in [2.05, 4.69) is 15.7 Å². The summed E-state index contributed by atoms with van der Waals surface area (Å²) in [5, 5.41) is 16.2.